The number of nitrogens with zero attached hydrogens (tertiary/aromatic N) is 1. The van der Waals surface area contributed by atoms with E-state index in [-0.39, 0.29) is 17.8 Å². The van der Waals surface area contributed by atoms with Gasteiger partial charge in [0.25, 0.3) is 5.91 Å². The highest BCUT2D eigenvalue weighted by molar-refractivity contribution is 7.86. The van der Waals surface area contributed by atoms with Crippen molar-refractivity contribution >= 4 is 56.3 Å². The molecule has 0 bridgehead atoms. The van der Waals surface area contributed by atoms with Crippen molar-refractivity contribution in [1.29, 1.82) is 0 Å². The Hall–Kier alpha value is -3.13. The van der Waals surface area contributed by atoms with E-state index in [4.69, 9.17) is 27.4 Å². The highest BCUT2D eigenvalue weighted by atomic mass is 35.5. The fourth-order valence-corrected chi connectivity index (χ4v) is 5.60. The second-order valence-corrected chi connectivity index (χ2v) is 10.5. The first-order chi connectivity index (χ1) is 16.1. The van der Waals surface area contributed by atoms with Crippen molar-refractivity contribution < 1.29 is 22.2 Å². The first-order valence-electron chi connectivity index (χ1n) is 10.2. The molecule has 3 aromatic rings. The molecule has 0 saturated carbocycles. The molecule has 1 heterocycles. The highest BCUT2D eigenvalue weighted by Crippen LogP contribution is 2.56. The van der Waals surface area contributed by atoms with Crippen molar-refractivity contribution in [2.24, 2.45) is 0 Å². The summed E-state index contributed by atoms with van der Waals surface area (Å²) in [5, 5.41) is 0.793. The molecule has 1 amide bonds. The van der Waals surface area contributed by atoms with Crippen LogP contribution >= 0.6 is 23.2 Å². The Balaban J connectivity index is 1.92. The molecular formula is C25H17Cl2NO5S. The number of amides is 1. The second-order valence-electron chi connectivity index (χ2n) is 8.09. The van der Waals surface area contributed by atoms with E-state index in [2.05, 4.69) is 0 Å². The average Bonchev–Trinajstić information content (AvgIpc) is 3.18. The summed E-state index contributed by atoms with van der Waals surface area (Å²) in [7, 11) is -4.11. The third kappa shape index (κ3) is 3.43. The summed E-state index contributed by atoms with van der Waals surface area (Å²) in [6, 6.07) is 20.2. The van der Waals surface area contributed by atoms with E-state index in [1.807, 2.05) is 0 Å². The lowest BCUT2D eigenvalue weighted by molar-refractivity contribution is -0.124. The Morgan fingerprint density at radius 2 is 1.62 bits per heavy atom. The number of carbonyl (C=O) groups is 2. The van der Waals surface area contributed by atoms with E-state index in [1.54, 1.807) is 72.8 Å². The van der Waals surface area contributed by atoms with Crippen molar-refractivity contribution in [3.8, 4) is 0 Å². The van der Waals surface area contributed by atoms with Gasteiger partial charge in [-0.3, -0.25) is 14.5 Å². The summed E-state index contributed by atoms with van der Waals surface area (Å²) in [6.07, 6.45) is 0.859. The van der Waals surface area contributed by atoms with Crippen LogP contribution < -0.4 is 4.90 Å². The van der Waals surface area contributed by atoms with Crippen molar-refractivity contribution in [1.82, 2.24) is 0 Å². The van der Waals surface area contributed by atoms with Crippen LogP contribution in [0.4, 0.5) is 5.69 Å². The zero-order valence-electron chi connectivity index (χ0n) is 17.8. The van der Waals surface area contributed by atoms with Crippen LogP contribution in [0.2, 0.25) is 10.0 Å². The predicted molar refractivity (Wildman–Crippen MR) is 130 cm³/mol. The summed E-state index contributed by atoms with van der Waals surface area (Å²) in [5.41, 5.74) is 0.481. The van der Waals surface area contributed by atoms with Crippen LogP contribution in [0, 0.1) is 0 Å². The fourth-order valence-electron chi connectivity index (χ4n) is 4.77. The SMILES string of the molecule is CS(=O)(=O)OC1=C(c2ccccc2)C2(C(=O)Cc3cc(Cl)ccc32)N(c2cccc(Cl)c2)C1=O. The van der Waals surface area contributed by atoms with Gasteiger partial charge < -0.3 is 4.18 Å². The molecule has 0 radical (unpaired) electrons. The molecule has 0 saturated heterocycles. The van der Waals surface area contributed by atoms with Crippen LogP contribution in [-0.4, -0.2) is 26.4 Å². The van der Waals surface area contributed by atoms with Crippen LogP contribution in [0.25, 0.3) is 5.57 Å². The topological polar surface area (TPSA) is 80.8 Å². The molecule has 34 heavy (non-hydrogen) atoms. The standard InChI is InChI=1S/C25H17Cl2NO5S/c1-34(31,32)33-23-22(15-6-3-2-4-7-15)25(20-11-10-18(27)12-16(20)13-21(25)29)28(24(23)30)19-9-5-8-17(26)14-19/h2-12,14H,13H2,1H3. The van der Waals surface area contributed by atoms with Crippen molar-refractivity contribution in [2.45, 2.75) is 12.0 Å². The summed E-state index contributed by atoms with van der Waals surface area (Å²) in [5.74, 6) is -1.50. The molecular weight excluding hydrogens is 497 g/mol. The zero-order valence-corrected chi connectivity index (χ0v) is 20.1. The first-order valence-corrected chi connectivity index (χ1v) is 12.8. The van der Waals surface area contributed by atoms with Crippen LogP contribution in [0.5, 0.6) is 0 Å². The average molecular weight is 514 g/mol. The lowest BCUT2D eigenvalue weighted by Gasteiger charge is -2.37. The molecule has 0 fully saturated rings. The molecule has 1 spiro atoms. The predicted octanol–water partition coefficient (Wildman–Crippen LogP) is 4.75. The maximum absolute atomic E-state index is 14.0. The number of benzene rings is 3. The van der Waals surface area contributed by atoms with Gasteiger partial charge in [0, 0.05) is 27.7 Å². The van der Waals surface area contributed by atoms with Gasteiger partial charge in [-0.2, -0.15) is 8.42 Å². The second kappa shape index (κ2) is 7.98. The third-order valence-corrected chi connectivity index (χ3v) is 6.84. The van der Waals surface area contributed by atoms with Crippen molar-refractivity contribution in [2.75, 3.05) is 11.2 Å². The third-order valence-electron chi connectivity index (χ3n) is 5.90. The molecule has 3 aromatic carbocycles. The molecule has 0 N–H and O–H groups in total. The minimum atomic E-state index is -4.11. The number of anilines is 1. The number of Topliss-reactive ketones (excluding diaryl/α,β-unsaturated/α-hetero) is 1. The van der Waals surface area contributed by atoms with Crippen molar-refractivity contribution in [3.63, 3.8) is 0 Å². The molecule has 6 nitrogen and oxygen atoms in total. The Kier molecular flexibility index (Phi) is 5.31. The number of hydrogen-bond acceptors (Lipinski definition) is 5. The van der Waals surface area contributed by atoms with E-state index in [1.165, 1.54) is 4.90 Å². The first kappa shape index (κ1) is 22.7. The van der Waals surface area contributed by atoms with Gasteiger partial charge in [-0.05, 0) is 47.0 Å². The van der Waals surface area contributed by atoms with Gasteiger partial charge in [0.1, 0.15) is 0 Å². The van der Waals surface area contributed by atoms with Crippen molar-refractivity contribution in [3.05, 3.63) is 105 Å². The van der Waals surface area contributed by atoms with Crippen LogP contribution in [0.1, 0.15) is 16.7 Å². The number of fused-ring (bicyclic) bond motifs is 2. The van der Waals surface area contributed by atoms with E-state index in [0.717, 1.165) is 6.26 Å². The van der Waals surface area contributed by atoms with E-state index < -0.39 is 27.3 Å². The highest BCUT2D eigenvalue weighted by Gasteiger charge is 2.63. The molecule has 5 rings (SSSR count). The lowest BCUT2D eigenvalue weighted by Crippen LogP contribution is -2.49. The van der Waals surface area contributed by atoms with Gasteiger partial charge in [0.15, 0.2) is 11.3 Å². The number of ketones is 1. The van der Waals surface area contributed by atoms with Gasteiger partial charge in [-0.1, -0.05) is 65.7 Å². The fraction of sp³-hybridized carbons (Fsp3) is 0.120. The smallest absolute Gasteiger partial charge is 0.306 e. The quantitative estimate of drug-likeness (QED) is 0.470. The molecule has 1 atom stereocenters. The lowest BCUT2D eigenvalue weighted by atomic mass is 9.79. The Morgan fingerprint density at radius 3 is 2.29 bits per heavy atom. The van der Waals surface area contributed by atoms with Gasteiger partial charge in [0.05, 0.1) is 6.26 Å². The number of halogens is 2. The molecule has 1 aliphatic heterocycles. The maximum Gasteiger partial charge on any atom is 0.306 e. The molecule has 9 heteroatoms. The minimum Gasteiger partial charge on any atom is -0.376 e. The number of hydrogen-bond donors (Lipinski definition) is 0. The van der Waals surface area contributed by atoms with Crippen LogP contribution in [0.15, 0.2) is 78.6 Å². The van der Waals surface area contributed by atoms with Gasteiger partial charge >= 0.3 is 10.1 Å². The maximum atomic E-state index is 14.0. The molecule has 172 valence electrons. The van der Waals surface area contributed by atoms with E-state index >= 15 is 0 Å². The van der Waals surface area contributed by atoms with E-state index in [9.17, 15) is 18.0 Å². The normalized spacial score (nSPS) is 19.8. The Labute approximate surface area is 206 Å². The Bertz CT molecular complexity index is 1500. The van der Waals surface area contributed by atoms with Gasteiger partial charge in [-0.25, -0.2) is 0 Å². The molecule has 2 aliphatic rings. The largest absolute Gasteiger partial charge is 0.376 e. The van der Waals surface area contributed by atoms with E-state index in [0.29, 0.717) is 32.4 Å². The summed E-state index contributed by atoms with van der Waals surface area (Å²) >= 11 is 12.5. The number of carbonyl (C=O) groups excluding carboxylic acids is 2. The summed E-state index contributed by atoms with van der Waals surface area (Å²) in [4.78, 5) is 29.2. The number of rotatable bonds is 4. The molecule has 1 unspecified atom stereocenters. The summed E-state index contributed by atoms with van der Waals surface area (Å²) < 4.78 is 29.7. The van der Waals surface area contributed by atoms with Crippen LogP contribution in [0.3, 0.4) is 0 Å². The zero-order chi connectivity index (χ0) is 24.3. The molecule has 1 aliphatic carbocycles. The van der Waals surface area contributed by atoms with Gasteiger partial charge in [0.2, 0.25) is 5.76 Å². The summed E-state index contributed by atoms with van der Waals surface area (Å²) in [6.45, 7) is 0. The Morgan fingerprint density at radius 1 is 0.912 bits per heavy atom. The van der Waals surface area contributed by atoms with Crippen LogP contribution in [-0.2, 0) is 35.9 Å². The van der Waals surface area contributed by atoms with Gasteiger partial charge in [-0.15, -0.1) is 0 Å². The monoisotopic (exact) mass is 513 g/mol. The molecule has 0 aromatic heterocycles. The minimum absolute atomic E-state index is 0.00271.